The summed E-state index contributed by atoms with van der Waals surface area (Å²) in [5.74, 6) is -0.470. The summed E-state index contributed by atoms with van der Waals surface area (Å²) >= 11 is 0. The number of ether oxygens (including phenoxy) is 2. The van der Waals surface area contributed by atoms with Gasteiger partial charge in [-0.3, -0.25) is 9.59 Å². The van der Waals surface area contributed by atoms with Gasteiger partial charge in [-0.15, -0.1) is 0 Å². The second-order valence-electron chi connectivity index (χ2n) is 6.13. The third kappa shape index (κ3) is 4.82. The van der Waals surface area contributed by atoms with E-state index in [1.165, 1.54) is 13.8 Å². The lowest BCUT2D eigenvalue weighted by Crippen LogP contribution is -2.10. The van der Waals surface area contributed by atoms with Crippen molar-refractivity contribution in [1.29, 1.82) is 0 Å². The molecule has 0 amide bonds. The molecule has 1 unspecified atom stereocenters. The molecule has 0 N–H and O–H groups in total. The quantitative estimate of drug-likeness (QED) is 0.470. The van der Waals surface area contributed by atoms with Gasteiger partial charge < -0.3 is 9.47 Å². The summed E-state index contributed by atoms with van der Waals surface area (Å²) in [6.45, 7) is 2.69. The van der Waals surface area contributed by atoms with Crippen molar-refractivity contribution in [2.45, 2.75) is 20.0 Å². The van der Waals surface area contributed by atoms with Gasteiger partial charge in [0.05, 0.1) is 0 Å². The van der Waals surface area contributed by atoms with E-state index in [-0.39, 0.29) is 0 Å². The standard InChI is InChI=1S/C23H20O4/c1-16(24)26-22-10-6-5-9-21(22)23(27-17(2)25)14-12-18-11-13-19-7-3-4-8-20(19)15-18/h3-15,23H,1-2H3. The number of benzene rings is 3. The van der Waals surface area contributed by atoms with Crippen molar-refractivity contribution in [2.75, 3.05) is 0 Å². The van der Waals surface area contributed by atoms with Gasteiger partial charge in [-0.2, -0.15) is 0 Å². The van der Waals surface area contributed by atoms with E-state index < -0.39 is 18.0 Å². The van der Waals surface area contributed by atoms with Crippen LogP contribution in [0, 0.1) is 0 Å². The van der Waals surface area contributed by atoms with Crippen LogP contribution >= 0.6 is 0 Å². The molecule has 3 aromatic carbocycles. The van der Waals surface area contributed by atoms with Gasteiger partial charge in [0.15, 0.2) is 0 Å². The van der Waals surface area contributed by atoms with E-state index in [9.17, 15) is 9.59 Å². The van der Waals surface area contributed by atoms with Gasteiger partial charge in [0, 0.05) is 19.4 Å². The maximum Gasteiger partial charge on any atom is 0.308 e. The van der Waals surface area contributed by atoms with Crippen LogP contribution in [0.15, 0.2) is 72.8 Å². The molecule has 0 aliphatic rings. The van der Waals surface area contributed by atoms with E-state index in [2.05, 4.69) is 12.1 Å². The first-order chi connectivity index (χ1) is 13.0. The second-order valence-corrected chi connectivity index (χ2v) is 6.13. The highest BCUT2D eigenvalue weighted by molar-refractivity contribution is 5.84. The Hall–Kier alpha value is -3.40. The third-order valence-electron chi connectivity index (χ3n) is 4.01. The van der Waals surface area contributed by atoms with Crippen LogP contribution in [0.4, 0.5) is 0 Å². The predicted octanol–water partition coefficient (Wildman–Crippen LogP) is 5.08. The third-order valence-corrected chi connectivity index (χ3v) is 4.01. The van der Waals surface area contributed by atoms with Crippen LogP contribution in [0.25, 0.3) is 16.8 Å². The lowest BCUT2D eigenvalue weighted by molar-refractivity contribution is -0.144. The minimum atomic E-state index is -0.662. The SMILES string of the molecule is CC(=O)Oc1ccccc1C(C=Cc1ccc2ccccc2c1)OC(C)=O. The van der Waals surface area contributed by atoms with Crippen LogP contribution in [0.1, 0.15) is 31.1 Å². The first kappa shape index (κ1) is 18.4. The molecule has 0 fully saturated rings. The van der Waals surface area contributed by atoms with E-state index in [0.29, 0.717) is 11.3 Å². The Morgan fingerprint density at radius 3 is 2.30 bits per heavy atom. The number of carbonyl (C=O) groups is 2. The maximum atomic E-state index is 11.6. The Morgan fingerprint density at radius 1 is 0.852 bits per heavy atom. The van der Waals surface area contributed by atoms with Crippen molar-refractivity contribution in [1.82, 2.24) is 0 Å². The topological polar surface area (TPSA) is 52.6 Å². The van der Waals surface area contributed by atoms with Gasteiger partial charge in [-0.1, -0.05) is 60.7 Å². The Balaban J connectivity index is 1.94. The van der Waals surface area contributed by atoms with Crippen LogP contribution in [0.3, 0.4) is 0 Å². The van der Waals surface area contributed by atoms with Crippen molar-refractivity contribution in [2.24, 2.45) is 0 Å². The minimum absolute atomic E-state index is 0.374. The van der Waals surface area contributed by atoms with Crippen molar-refractivity contribution in [3.8, 4) is 5.75 Å². The van der Waals surface area contributed by atoms with Gasteiger partial charge in [0.2, 0.25) is 0 Å². The monoisotopic (exact) mass is 360 g/mol. The number of hydrogen-bond acceptors (Lipinski definition) is 4. The highest BCUT2D eigenvalue weighted by Crippen LogP contribution is 2.30. The molecule has 0 aromatic heterocycles. The molecule has 4 nitrogen and oxygen atoms in total. The van der Waals surface area contributed by atoms with Crippen molar-refractivity contribution < 1.29 is 19.1 Å². The van der Waals surface area contributed by atoms with Crippen molar-refractivity contribution >= 4 is 28.8 Å². The molecule has 136 valence electrons. The lowest BCUT2D eigenvalue weighted by Gasteiger charge is -2.17. The van der Waals surface area contributed by atoms with Crippen LogP contribution < -0.4 is 4.74 Å². The summed E-state index contributed by atoms with van der Waals surface area (Å²) in [4.78, 5) is 22.9. The van der Waals surface area contributed by atoms with Gasteiger partial charge in [-0.25, -0.2) is 0 Å². The molecule has 0 radical (unpaired) electrons. The van der Waals surface area contributed by atoms with Crippen LogP contribution in [-0.4, -0.2) is 11.9 Å². The predicted molar refractivity (Wildman–Crippen MR) is 105 cm³/mol. The van der Waals surface area contributed by atoms with E-state index in [1.807, 2.05) is 42.5 Å². The van der Waals surface area contributed by atoms with Crippen LogP contribution in [0.5, 0.6) is 5.75 Å². The van der Waals surface area contributed by atoms with Crippen LogP contribution in [-0.2, 0) is 14.3 Å². The molecule has 4 heteroatoms. The molecular weight excluding hydrogens is 340 g/mol. The Bertz CT molecular complexity index is 1000. The van der Waals surface area contributed by atoms with E-state index in [4.69, 9.17) is 9.47 Å². The van der Waals surface area contributed by atoms with Crippen molar-refractivity contribution in [3.63, 3.8) is 0 Å². The van der Waals surface area contributed by atoms with Gasteiger partial charge in [0.25, 0.3) is 0 Å². The molecule has 3 rings (SSSR count). The summed E-state index contributed by atoms with van der Waals surface area (Å²) in [7, 11) is 0. The zero-order valence-corrected chi connectivity index (χ0v) is 15.2. The molecule has 1 atom stereocenters. The van der Waals surface area contributed by atoms with Crippen LogP contribution in [0.2, 0.25) is 0 Å². The largest absolute Gasteiger partial charge is 0.453 e. The summed E-state index contributed by atoms with van der Waals surface area (Å²) in [6.07, 6.45) is 3.02. The number of para-hydroxylation sites is 1. The summed E-state index contributed by atoms with van der Waals surface area (Å²) < 4.78 is 10.7. The van der Waals surface area contributed by atoms with E-state index in [1.54, 1.807) is 24.3 Å². The first-order valence-corrected chi connectivity index (χ1v) is 8.64. The molecule has 0 saturated carbocycles. The molecule has 0 bridgehead atoms. The fraction of sp³-hybridized carbons (Fsp3) is 0.130. The van der Waals surface area contributed by atoms with E-state index in [0.717, 1.165) is 16.3 Å². The smallest absolute Gasteiger partial charge is 0.308 e. The normalized spacial score (nSPS) is 12.1. The highest BCUT2D eigenvalue weighted by Gasteiger charge is 2.17. The summed E-state index contributed by atoms with van der Waals surface area (Å²) in [5, 5.41) is 2.29. The zero-order valence-electron chi connectivity index (χ0n) is 15.2. The Kier molecular flexibility index (Phi) is 5.67. The zero-order chi connectivity index (χ0) is 19.2. The number of hydrogen-bond donors (Lipinski definition) is 0. The minimum Gasteiger partial charge on any atom is -0.453 e. The summed E-state index contributed by atoms with van der Waals surface area (Å²) in [5.41, 5.74) is 1.59. The molecule has 0 heterocycles. The van der Waals surface area contributed by atoms with Gasteiger partial charge in [0.1, 0.15) is 11.9 Å². The van der Waals surface area contributed by atoms with Gasteiger partial charge in [-0.05, 0) is 34.5 Å². The molecule has 0 aliphatic carbocycles. The first-order valence-electron chi connectivity index (χ1n) is 8.64. The number of esters is 2. The molecule has 3 aromatic rings. The average molecular weight is 360 g/mol. The molecule has 27 heavy (non-hydrogen) atoms. The Morgan fingerprint density at radius 2 is 1.56 bits per heavy atom. The average Bonchev–Trinajstić information content (AvgIpc) is 2.65. The molecular formula is C23H20O4. The molecule has 0 saturated heterocycles. The lowest BCUT2D eigenvalue weighted by atomic mass is 10.0. The fourth-order valence-corrected chi connectivity index (χ4v) is 2.86. The van der Waals surface area contributed by atoms with E-state index >= 15 is 0 Å². The Labute approximate surface area is 158 Å². The summed E-state index contributed by atoms with van der Waals surface area (Å²) in [6, 6.07) is 21.2. The highest BCUT2D eigenvalue weighted by atomic mass is 16.6. The number of carbonyl (C=O) groups excluding carboxylic acids is 2. The number of rotatable bonds is 5. The fourth-order valence-electron chi connectivity index (χ4n) is 2.86. The maximum absolute atomic E-state index is 11.6. The molecule has 0 aliphatic heterocycles. The molecule has 0 spiro atoms. The second kappa shape index (κ2) is 8.32. The van der Waals surface area contributed by atoms with Crippen molar-refractivity contribution in [3.05, 3.63) is 83.9 Å². The van der Waals surface area contributed by atoms with Gasteiger partial charge >= 0.3 is 11.9 Å². The number of fused-ring (bicyclic) bond motifs is 1.